The van der Waals surface area contributed by atoms with E-state index in [2.05, 4.69) is 11.9 Å². The van der Waals surface area contributed by atoms with Crippen LogP contribution in [-0.2, 0) is 9.59 Å². The standard InChI is InChI=1S/C15H19NO4/c1-3-4-5-14(17)16-11(2)12-6-8-13(9-7-12)20-10-15(18)19/h3,6-9,11H,1,4-5,10H2,2H3,(H,16,17)(H,18,19). The predicted octanol–water partition coefficient (Wildman–Crippen LogP) is 2.29. The van der Waals surface area contributed by atoms with E-state index in [1.807, 2.05) is 6.92 Å². The number of carbonyl (C=O) groups excluding carboxylic acids is 1. The predicted molar refractivity (Wildman–Crippen MR) is 75.6 cm³/mol. The Balaban J connectivity index is 2.52. The van der Waals surface area contributed by atoms with E-state index in [0.29, 0.717) is 18.6 Å². The lowest BCUT2D eigenvalue weighted by atomic mass is 10.1. The molecule has 0 heterocycles. The molecule has 0 aliphatic rings. The van der Waals surface area contributed by atoms with Crippen LogP contribution in [0, 0.1) is 0 Å². The second kappa shape index (κ2) is 7.99. The summed E-state index contributed by atoms with van der Waals surface area (Å²) in [6.07, 6.45) is 2.78. The van der Waals surface area contributed by atoms with E-state index in [1.54, 1.807) is 30.3 Å². The molecule has 0 bridgehead atoms. The maximum atomic E-state index is 11.6. The highest BCUT2D eigenvalue weighted by Crippen LogP contribution is 2.17. The Labute approximate surface area is 118 Å². The molecule has 1 atom stereocenters. The number of aliphatic carboxylic acids is 1. The van der Waals surface area contributed by atoms with Gasteiger partial charge in [-0.25, -0.2) is 4.79 Å². The van der Waals surface area contributed by atoms with E-state index < -0.39 is 5.97 Å². The third-order valence-corrected chi connectivity index (χ3v) is 2.70. The minimum Gasteiger partial charge on any atom is -0.482 e. The molecular formula is C15H19NO4. The molecule has 5 heteroatoms. The van der Waals surface area contributed by atoms with Crippen molar-refractivity contribution in [1.29, 1.82) is 0 Å². The summed E-state index contributed by atoms with van der Waals surface area (Å²) < 4.78 is 5.04. The summed E-state index contributed by atoms with van der Waals surface area (Å²) in [4.78, 5) is 22.0. The number of nitrogens with one attached hydrogen (secondary N) is 1. The first-order valence-corrected chi connectivity index (χ1v) is 6.37. The number of allylic oxidation sites excluding steroid dienone is 1. The van der Waals surface area contributed by atoms with E-state index >= 15 is 0 Å². The van der Waals surface area contributed by atoms with Gasteiger partial charge in [0.1, 0.15) is 5.75 Å². The summed E-state index contributed by atoms with van der Waals surface area (Å²) in [6, 6.07) is 6.86. The molecule has 0 spiro atoms. The van der Waals surface area contributed by atoms with Gasteiger partial charge >= 0.3 is 5.97 Å². The molecule has 0 fully saturated rings. The van der Waals surface area contributed by atoms with Crippen molar-refractivity contribution in [2.75, 3.05) is 6.61 Å². The van der Waals surface area contributed by atoms with E-state index in [1.165, 1.54) is 0 Å². The lowest BCUT2D eigenvalue weighted by molar-refractivity contribution is -0.139. The highest BCUT2D eigenvalue weighted by atomic mass is 16.5. The van der Waals surface area contributed by atoms with Crippen LogP contribution in [0.1, 0.15) is 31.4 Å². The van der Waals surface area contributed by atoms with Gasteiger partial charge in [0.25, 0.3) is 0 Å². The summed E-state index contributed by atoms with van der Waals surface area (Å²) in [7, 11) is 0. The summed E-state index contributed by atoms with van der Waals surface area (Å²) in [5.74, 6) is -0.554. The molecule has 0 aliphatic carbocycles. The first-order valence-electron chi connectivity index (χ1n) is 6.37. The zero-order valence-corrected chi connectivity index (χ0v) is 11.5. The van der Waals surface area contributed by atoms with Crippen molar-refractivity contribution in [3.63, 3.8) is 0 Å². The number of ether oxygens (including phenoxy) is 1. The maximum Gasteiger partial charge on any atom is 0.341 e. The number of rotatable bonds is 8. The zero-order valence-electron chi connectivity index (χ0n) is 11.5. The largest absolute Gasteiger partial charge is 0.482 e. The molecule has 0 aromatic heterocycles. The van der Waals surface area contributed by atoms with E-state index in [-0.39, 0.29) is 18.6 Å². The van der Waals surface area contributed by atoms with Crippen LogP contribution in [0.15, 0.2) is 36.9 Å². The lowest BCUT2D eigenvalue weighted by Crippen LogP contribution is -2.26. The number of hydrogen-bond donors (Lipinski definition) is 2. The van der Waals surface area contributed by atoms with Crippen molar-refractivity contribution in [1.82, 2.24) is 5.32 Å². The van der Waals surface area contributed by atoms with Gasteiger partial charge in [0.05, 0.1) is 6.04 Å². The molecule has 108 valence electrons. The Bertz CT molecular complexity index is 467. The van der Waals surface area contributed by atoms with Gasteiger partial charge in [-0.05, 0) is 31.0 Å². The molecule has 1 aromatic rings. The molecule has 1 unspecified atom stereocenters. The van der Waals surface area contributed by atoms with E-state index in [0.717, 1.165) is 5.56 Å². The van der Waals surface area contributed by atoms with Gasteiger partial charge < -0.3 is 15.2 Å². The van der Waals surface area contributed by atoms with Gasteiger partial charge in [-0.2, -0.15) is 0 Å². The Morgan fingerprint density at radius 1 is 1.40 bits per heavy atom. The molecular weight excluding hydrogens is 258 g/mol. The minimum absolute atomic E-state index is 0.0244. The Kier molecular flexibility index (Phi) is 6.29. The first kappa shape index (κ1) is 15.8. The van der Waals surface area contributed by atoms with Crippen molar-refractivity contribution in [2.45, 2.75) is 25.8 Å². The molecule has 0 saturated heterocycles. The Morgan fingerprint density at radius 3 is 2.60 bits per heavy atom. The van der Waals surface area contributed by atoms with Gasteiger partial charge in [-0.1, -0.05) is 18.2 Å². The lowest BCUT2D eigenvalue weighted by Gasteiger charge is -2.14. The highest BCUT2D eigenvalue weighted by molar-refractivity contribution is 5.76. The number of hydrogen-bond acceptors (Lipinski definition) is 3. The average molecular weight is 277 g/mol. The van der Waals surface area contributed by atoms with Crippen molar-refractivity contribution in [3.8, 4) is 5.75 Å². The molecule has 0 radical (unpaired) electrons. The quantitative estimate of drug-likeness (QED) is 0.715. The van der Waals surface area contributed by atoms with Gasteiger partial charge in [0.2, 0.25) is 5.91 Å². The number of amides is 1. The number of carboxylic acid groups (broad SMARTS) is 1. The fourth-order valence-electron chi connectivity index (χ4n) is 1.63. The summed E-state index contributed by atoms with van der Waals surface area (Å²) in [6.45, 7) is 5.09. The smallest absolute Gasteiger partial charge is 0.341 e. The fourth-order valence-corrected chi connectivity index (χ4v) is 1.63. The van der Waals surface area contributed by atoms with Crippen LogP contribution in [0.25, 0.3) is 0 Å². The second-order valence-corrected chi connectivity index (χ2v) is 4.37. The van der Waals surface area contributed by atoms with Crippen molar-refractivity contribution >= 4 is 11.9 Å². The van der Waals surface area contributed by atoms with E-state index in [4.69, 9.17) is 9.84 Å². The first-order chi connectivity index (χ1) is 9.52. The van der Waals surface area contributed by atoms with Gasteiger partial charge in [0, 0.05) is 6.42 Å². The van der Waals surface area contributed by atoms with Crippen LogP contribution >= 0.6 is 0 Å². The maximum absolute atomic E-state index is 11.6. The molecule has 5 nitrogen and oxygen atoms in total. The minimum atomic E-state index is -1.02. The second-order valence-electron chi connectivity index (χ2n) is 4.37. The monoisotopic (exact) mass is 277 g/mol. The summed E-state index contributed by atoms with van der Waals surface area (Å²) in [5.41, 5.74) is 0.930. The van der Waals surface area contributed by atoms with Crippen LogP contribution < -0.4 is 10.1 Å². The highest BCUT2D eigenvalue weighted by Gasteiger charge is 2.09. The topological polar surface area (TPSA) is 75.6 Å². The van der Waals surface area contributed by atoms with Crippen molar-refractivity contribution in [3.05, 3.63) is 42.5 Å². The third-order valence-electron chi connectivity index (χ3n) is 2.70. The normalized spacial score (nSPS) is 11.4. The van der Waals surface area contributed by atoms with Crippen LogP contribution in [0.5, 0.6) is 5.75 Å². The molecule has 1 amide bonds. The number of carboxylic acids is 1. The molecule has 20 heavy (non-hydrogen) atoms. The van der Waals surface area contributed by atoms with Crippen molar-refractivity contribution < 1.29 is 19.4 Å². The van der Waals surface area contributed by atoms with E-state index in [9.17, 15) is 9.59 Å². The molecule has 1 aromatic carbocycles. The summed E-state index contributed by atoms with van der Waals surface area (Å²) >= 11 is 0. The van der Waals surface area contributed by atoms with Gasteiger partial charge in [-0.15, -0.1) is 6.58 Å². The third kappa shape index (κ3) is 5.56. The molecule has 0 aliphatic heterocycles. The SMILES string of the molecule is C=CCCC(=O)NC(C)c1ccc(OCC(=O)O)cc1. The summed E-state index contributed by atoms with van der Waals surface area (Å²) in [5, 5.41) is 11.4. The van der Waals surface area contributed by atoms with Crippen LogP contribution in [0.3, 0.4) is 0 Å². The van der Waals surface area contributed by atoms with Crippen molar-refractivity contribution in [2.24, 2.45) is 0 Å². The Hall–Kier alpha value is -2.30. The Morgan fingerprint density at radius 2 is 2.05 bits per heavy atom. The van der Waals surface area contributed by atoms with Crippen LogP contribution in [0.2, 0.25) is 0 Å². The molecule has 0 saturated carbocycles. The average Bonchev–Trinajstić information content (AvgIpc) is 2.43. The fraction of sp³-hybridized carbons (Fsp3) is 0.333. The zero-order chi connectivity index (χ0) is 15.0. The molecule has 2 N–H and O–H groups in total. The van der Waals surface area contributed by atoms with Gasteiger partial charge in [-0.3, -0.25) is 4.79 Å². The van der Waals surface area contributed by atoms with Crippen LogP contribution in [0.4, 0.5) is 0 Å². The van der Waals surface area contributed by atoms with Crippen LogP contribution in [-0.4, -0.2) is 23.6 Å². The number of benzene rings is 1. The number of carbonyl (C=O) groups is 2. The molecule has 1 rings (SSSR count). The van der Waals surface area contributed by atoms with Gasteiger partial charge in [0.15, 0.2) is 6.61 Å².